The molecule has 156 valence electrons. The van der Waals surface area contributed by atoms with Crippen LogP contribution in [0.4, 0.5) is 5.69 Å². The standard InChI is InChI=1S/C23H19N3O5/c1-29-16-6-10(7-17(30-2)21(16)31-3)12-9-14-19(23(28)26-22(14)27)20-18(12)13-8-11(24)4-5-15(13)25-20/h4-9,25H,24H2,1-3H3,(H,26,27,28). The molecule has 4 aromatic rings. The molecule has 31 heavy (non-hydrogen) atoms. The minimum atomic E-state index is -0.436. The van der Waals surface area contributed by atoms with Gasteiger partial charge in [0, 0.05) is 22.0 Å². The lowest BCUT2D eigenvalue weighted by atomic mass is 9.93. The Labute approximate surface area is 176 Å². The maximum Gasteiger partial charge on any atom is 0.261 e. The smallest absolute Gasteiger partial charge is 0.261 e. The van der Waals surface area contributed by atoms with Gasteiger partial charge in [-0.25, -0.2) is 0 Å². The molecule has 5 rings (SSSR count). The predicted octanol–water partition coefficient (Wildman–Crippen LogP) is 3.48. The SMILES string of the molecule is COc1cc(-c2cc3c(c4[nH]c5ccc(N)cc5c24)C(=O)NC3=O)cc(OC)c1OC. The maximum atomic E-state index is 12.5. The van der Waals surface area contributed by atoms with Crippen LogP contribution in [0.5, 0.6) is 17.2 Å². The minimum absolute atomic E-state index is 0.306. The number of imide groups is 1. The first-order valence-corrected chi connectivity index (χ1v) is 9.50. The highest BCUT2D eigenvalue weighted by atomic mass is 16.5. The quantitative estimate of drug-likeness (QED) is 0.346. The van der Waals surface area contributed by atoms with Gasteiger partial charge in [0.15, 0.2) is 11.5 Å². The summed E-state index contributed by atoms with van der Waals surface area (Å²) in [5.41, 5.74) is 10.1. The second-order valence-electron chi connectivity index (χ2n) is 7.22. The maximum absolute atomic E-state index is 12.5. The Balaban J connectivity index is 1.95. The van der Waals surface area contributed by atoms with Crippen molar-refractivity contribution < 1.29 is 23.8 Å². The Morgan fingerprint density at radius 3 is 2.19 bits per heavy atom. The van der Waals surface area contributed by atoms with Crippen molar-refractivity contribution in [3.63, 3.8) is 0 Å². The number of H-pyrrole nitrogens is 1. The number of ether oxygens (including phenoxy) is 3. The average molecular weight is 417 g/mol. The molecule has 8 nitrogen and oxygen atoms in total. The lowest BCUT2D eigenvalue weighted by Crippen LogP contribution is -2.20. The molecule has 2 amide bonds. The fraction of sp³-hybridized carbons (Fsp3) is 0.130. The summed E-state index contributed by atoms with van der Waals surface area (Å²) in [4.78, 5) is 28.3. The second kappa shape index (κ2) is 6.66. The third-order valence-electron chi connectivity index (χ3n) is 5.57. The van der Waals surface area contributed by atoms with Gasteiger partial charge in [0.05, 0.1) is 38.0 Å². The molecule has 0 radical (unpaired) electrons. The Bertz CT molecular complexity index is 1400. The first-order chi connectivity index (χ1) is 15.0. The van der Waals surface area contributed by atoms with Crippen molar-refractivity contribution >= 4 is 39.3 Å². The normalized spacial score (nSPS) is 12.9. The van der Waals surface area contributed by atoms with Crippen LogP contribution in [0.1, 0.15) is 20.7 Å². The molecule has 0 spiro atoms. The Hall–Kier alpha value is -4.20. The number of carbonyl (C=O) groups excluding carboxylic acids is 2. The lowest BCUT2D eigenvalue weighted by Gasteiger charge is -2.15. The van der Waals surface area contributed by atoms with Crippen molar-refractivity contribution in [2.75, 3.05) is 27.1 Å². The fourth-order valence-corrected chi connectivity index (χ4v) is 4.21. The highest BCUT2D eigenvalue weighted by molar-refractivity contribution is 6.30. The second-order valence-corrected chi connectivity index (χ2v) is 7.22. The van der Waals surface area contributed by atoms with Gasteiger partial charge in [-0.15, -0.1) is 0 Å². The van der Waals surface area contributed by atoms with Gasteiger partial charge in [-0.2, -0.15) is 0 Å². The fourth-order valence-electron chi connectivity index (χ4n) is 4.21. The summed E-state index contributed by atoms with van der Waals surface area (Å²) < 4.78 is 16.4. The molecule has 1 aliphatic rings. The van der Waals surface area contributed by atoms with Crippen LogP contribution < -0.4 is 25.3 Å². The van der Waals surface area contributed by atoms with Crippen LogP contribution in [0.25, 0.3) is 32.9 Å². The monoisotopic (exact) mass is 417 g/mol. The summed E-state index contributed by atoms with van der Waals surface area (Å²) in [6.45, 7) is 0. The number of methoxy groups -OCH3 is 3. The number of nitrogens with two attached hydrogens (primary N) is 1. The van der Waals surface area contributed by atoms with E-state index in [1.807, 2.05) is 24.3 Å². The molecule has 2 heterocycles. The van der Waals surface area contributed by atoms with Crippen LogP contribution in [0.2, 0.25) is 0 Å². The Morgan fingerprint density at radius 1 is 0.839 bits per heavy atom. The van der Waals surface area contributed by atoms with E-state index in [1.165, 1.54) is 21.3 Å². The first kappa shape index (κ1) is 18.8. The first-order valence-electron chi connectivity index (χ1n) is 9.50. The Morgan fingerprint density at radius 2 is 1.55 bits per heavy atom. The van der Waals surface area contributed by atoms with Crippen LogP contribution in [0, 0.1) is 0 Å². The number of anilines is 1. The van der Waals surface area contributed by atoms with E-state index in [0.29, 0.717) is 39.6 Å². The minimum Gasteiger partial charge on any atom is -0.493 e. The van der Waals surface area contributed by atoms with E-state index in [0.717, 1.165) is 27.4 Å². The number of aromatic nitrogens is 1. The molecule has 0 fully saturated rings. The number of benzene rings is 3. The molecule has 0 saturated carbocycles. The topological polar surface area (TPSA) is 116 Å². The van der Waals surface area contributed by atoms with Gasteiger partial charge in [-0.1, -0.05) is 0 Å². The molecule has 4 N–H and O–H groups in total. The molecule has 0 unspecified atom stereocenters. The van der Waals surface area contributed by atoms with Crippen molar-refractivity contribution in [2.45, 2.75) is 0 Å². The molecule has 3 aromatic carbocycles. The zero-order valence-electron chi connectivity index (χ0n) is 17.1. The zero-order valence-corrected chi connectivity index (χ0v) is 17.1. The van der Waals surface area contributed by atoms with Crippen LogP contribution in [0.15, 0.2) is 36.4 Å². The average Bonchev–Trinajstić information content (AvgIpc) is 3.28. The van der Waals surface area contributed by atoms with E-state index >= 15 is 0 Å². The van der Waals surface area contributed by atoms with Crippen molar-refractivity contribution in [2.24, 2.45) is 0 Å². The number of fused-ring (bicyclic) bond motifs is 5. The summed E-state index contributed by atoms with van der Waals surface area (Å²) in [6.07, 6.45) is 0. The van der Waals surface area contributed by atoms with E-state index in [4.69, 9.17) is 19.9 Å². The molecule has 0 atom stereocenters. The Kier molecular flexibility index (Phi) is 4.04. The largest absolute Gasteiger partial charge is 0.493 e. The molecule has 1 aromatic heterocycles. The zero-order chi connectivity index (χ0) is 21.9. The predicted molar refractivity (Wildman–Crippen MR) is 117 cm³/mol. The number of hydrogen-bond acceptors (Lipinski definition) is 6. The van der Waals surface area contributed by atoms with E-state index in [-0.39, 0.29) is 0 Å². The van der Waals surface area contributed by atoms with E-state index in [1.54, 1.807) is 12.1 Å². The van der Waals surface area contributed by atoms with E-state index in [9.17, 15) is 9.59 Å². The molecular formula is C23H19N3O5. The lowest BCUT2D eigenvalue weighted by molar-refractivity contribution is 0.0880. The van der Waals surface area contributed by atoms with Crippen LogP contribution in [0.3, 0.4) is 0 Å². The summed E-state index contributed by atoms with van der Waals surface area (Å²) in [5, 5.41) is 4.00. The number of rotatable bonds is 4. The highest BCUT2D eigenvalue weighted by Gasteiger charge is 2.32. The van der Waals surface area contributed by atoms with Crippen molar-refractivity contribution in [1.82, 2.24) is 10.3 Å². The van der Waals surface area contributed by atoms with Gasteiger partial charge in [0.25, 0.3) is 11.8 Å². The summed E-state index contributed by atoms with van der Waals surface area (Å²) in [7, 11) is 4.61. The highest BCUT2D eigenvalue weighted by Crippen LogP contribution is 2.45. The number of nitrogens with one attached hydrogen (secondary N) is 2. The number of carbonyl (C=O) groups is 2. The third kappa shape index (κ3) is 2.61. The summed E-state index contributed by atoms with van der Waals surface area (Å²) in [6, 6.07) is 10.8. The summed E-state index contributed by atoms with van der Waals surface area (Å²) in [5.74, 6) is 0.549. The molecule has 0 bridgehead atoms. The third-order valence-corrected chi connectivity index (χ3v) is 5.57. The van der Waals surface area contributed by atoms with Crippen LogP contribution >= 0.6 is 0 Å². The molecule has 0 saturated heterocycles. The van der Waals surface area contributed by atoms with Crippen LogP contribution in [-0.2, 0) is 0 Å². The van der Waals surface area contributed by atoms with Gasteiger partial charge < -0.3 is 24.9 Å². The van der Waals surface area contributed by atoms with Crippen molar-refractivity contribution in [3.8, 4) is 28.4 Å². The number of aromatic amines is 1. The van der Waals surface area contributed by atoms with Gasteiger partial charge in [-0.05, 0) is 47.5 Å². The van der Waals surface area contributed by atoms with Gasteiger partial charge in [-0.3, -0.25) is 14.9 Å². The molecular weight excluding hydrogens is 398 g/mol. The van der Waals surface area contributed by atoms with Gasteiger partial charge >= 0.3 is 0 Å². The van der Waals surface area contributed by atoms with Gasteiger partial charge in [0.2, 0.25) is 5.75 Å². The van der Waals surface area contributed by atoms with Crippen molar-refractivity contribution in [3.05, 3.63) is 47.5 Å². The molecule has 8 heteroatoms. The number of nitrogen functional groups attached to an aromatic ring is 1. The van der Waals surface area contributed by atoms with Crippen molar-refractivity contribution in [1.29, 1.82) is 0 Å². The molecule has 1 aliphatic heterocycles. The number of hydrogen-bond donors (Lipinski definition) is 3. The molecule has 0 aliphatic carbocycles. The van der Waals surface area contributed by atoms with E-state index in [2.05, 4.69) is 10.3 Å². The number of amides is 2. The summed E-state index contributed by atoms with van der Waals surface area (Å²) >= 11 is 0. The van der Waals surface area contributed by atoms with E-state index < -0.39 is 11.8 Å². The van der Waals surface area contributed by atoms with Gasteiger partial charge in [0.1, 0.15) is 0 Å². The van der Waals surface area contributed by atoms with Crippen LogP contribution in [-0.4, -0.2) is 38.1 Å².